The van der Waals surface area contributed by atoms with Gasteiger partial charge in [-0.25, -0.2) is 4.79 Å². The third kappa shape index (κ3) is 4.83. The number of aliphatic hydroxyl groups is 1. The maximum atomic E-state index is 12.2. The Morgan fingerprint density at radius 1 is 1.09 bits per heavy atom. The standard InChI is InChI=1S/C19H24N2O2/c1-3-19(2,14-22)21-18(23)20-17-12-8-7-11-16(17)13-15-9-5-4-6-10-15/h4-12,22H,3,13-14H2,1-2H3,(H2,20,21,23). The molecule has 0 aromatic heterocycles. The molecule has 23 heavy (non-hydrogen) atoms. The van der Waals surface area contributed by atoms with Gasteiger partial charge in [0.2, 0.25) is 0 Å². The van der Waals surface area contributed by atoms with Gasteiger partial charge in [-0.3, -0.25) is 0 Å². The number of carbonyl (C=O) groups is 1. The molecule has 0 aliphatic rings. The first kappa shape index (κ1) is 17.0. The van der Waals surface area contributed by atoms with Gasteiger partial charge in [0.1, 0.15) is 0 Å². The van der Waals surface area contributed by atoms with Crippen molar-refractivity contribution in [3.8, 4) is 0 Å². The maximum Gasteiger partial charge on any atom is 0.319 e. The number of rotatable bonds is 6. The summed E-state index contributed by atoms with van der Waals surface area (Å²) in [6, 6.07) is 17.6. The van der Waals surface area contributed by atoms with Crippen molar-refractivity contribution in [2.45, 2.75) is 32.2 Å². The van der Waals surface area contributed by atoms with Crippen molar-refractivity contribution in [2.24, 2.45) is 0 Å². The summed E-state index contributed by atoms with van der Waals surface area (Å²) in [5, 5.41) is 15.1. The first-order valence-electron chi connectivity index (χ1n) is 7.88. The Hall–Kier alpha value is -2.33. The molecule has 2 rings (SSSR count). The van der Waals surface area contributed by atoms with Crippen LogP contribution >= 0.6 is 0 Å². The van der Waals surface area contributed by atoms with Gasteiger partial charge >= 0.3 is 6.03 Å². The monoisotopic (exact) mass is 312 g/mol. The maximum absolute atomic E-state index is 12.2. The highest BCUT2D eigenvalue weighted by atomic mass is 16.3. The van der Waals surface area contributed by atoms with Crippen molar-refractivity contribution < 1.29 is 9.90 Å². The predicted molar refractivity (Wildman–Crippen MR) is 93.6 cm³/mol. The lowest BCUT2D eigenvalue weighted by atomic mass is 10.0. The van der Waals surface area contributed by atoms with E-state index in [9.17, 15) is 9.90 Å². The van der Waals surface area contributed by atoms with Crippen LogP contribution in [0.4, 0.5) is 10.5 Å². The van der Waals surface area contributed by atoms with Gasteiger partial charge in [-0.2, -0.15) is 0 Å². The van der Waals surface area contributed by atoms with Crippen LogP contribution in [0.15, 0.2) is 54.6 Å². The van der Waals surface area contributed by atoms with Crippen molar-refractivity contribution in [3.63, 3.8) is 0 Å². The van der Waals surface area contributed by atoms with Crippen LogP contribution in [-0.4, -0.2) is 23.3 Å². The van der Waals surface area contributed by atoms with E-state index in [1.165, 1.54) is 5.56 Å². The average molecular weight is 312 g/mol. The summed E-state index contributed by atoms with van der Waals surface area (Å²) in [7, 11) is 0. The smallest absolute Gasteiger partial charge is 0.319 e. The van der Waals surface area contributed by atoms with Gasteiger partial charge in [0.25, 0.3) is 0 Å². The molecule has 0 aliphatic heterocycles. The van der Waals surface area contributed by atoms with E-state index in [4.69, 9.17) is 0 Å². The highest BCUT2D eigenvalue weighted by Gasteiger charge is 2.23. The number of benzene rings is 2. The van der Waals surface area contributed by atoms with Crippen LogP contribution in [-0.2, 0) is 6.42 Å². The second-order valence-corrected chi connectivity index (χ2v) is 5.97. The van der Waals surface area contributed by atoms with E-state index in [0.717, 1.165) is 17.7 Å². The Morgan fingerprint density at radius 3 is 2.39 bits per heavy atom. The van der Waals surface area contributed by atoms with Gasteiger partial charge in [-0.1, -0.05) is 55.5 Å². The minimum Gasteiger partial charge on any atom is -0.394 e. The Bertz CT molecular complexity index is 637. The van der Waals surface area contributed by atoms with Crippen LogP contribution in [0.3, 0.4) is 0 Å². The number of urea groups is 1. The number of para-hydroxylation sites is 1. The summed E-state index contributed by atoms with van der Waals surface area (Å²) >= 11 is 0. The lowest BCUT2D eigenvalue weighted by molar-refractivity contribution is 0.172. The fourth-order valence-corrected chi connectivity index (χ4v) is 2.28. The molecule has 4 heteroatoms. The van der Waals surface area contributed by atoms with E-state index in [1.807, 2.05) is 56.3 Å². The molecular weight excluding hydrogens is 288 g/mol. The molecule has 0 radical (unpaired) electrons. The third-order valence-electron chi connectivity index (χ3n) is 4.05. The number of hydrogen-bond donors (Lipinski definition) is 3. The molecule has 2 aromatic rings. The van der Waals surface area contributed by atoms with E-state index in [0.29, 0.717) is 6.42 Å². The van der Waals surface area contributed by atoms with Gasteiger partial charge in [0.05, 0.1) is 12.1 Å². The third-order valence-corrected chi connectivity index (χ3v) is 4.05. The molecule has 0 aliphatic carbocycles. The van der Waals surface area contributed by atoms with Crippen LogP contribution in [0, 0.1) is 0 Å². The van der Waals surface area contributed by atoms with Crippen molar-refractivity contribution in [1.82, 2.24) is 5.32 Å². The van der Waals surface area contributed by atoms with E-state index >= 15 is 0 Å². The van der Waals surface area contributed by atoms with Crippen LogP contribution < -0.4 is 10.6 Å². The molecule has 1 unspecified atom stereocenters. The highest BCUT2D eigenvalue weighted by Crippen LogP contribution is 2.19. The number of anilines is 1. The summed E-state index contributed by atoms with van der Waals surface area (Å²) in [6.07, 6.45) is 1.41. The van der Waals surface area contributed by atoms with Crippen molar-refractivity contribution in [2.75, 3.05) is 11.9 Å². The zero-order valence-corrected chi connectivity index (χ0v) is 13.7. The summed E-state index contributed by atoms with van der Waals surface area (Å²) < 4.78 is 0. The average Bonchev–Trinajstić information content (AvgIpc) is 2.57. The molecule has 1 atom stereocenters. The van der Waals surface area contributed by atoms with Gasteiger partial charge in [-0.05, 0) is 37.0 Å². The normalized spacial score (nSPS) is 13.2. The first-order valence-corrected chi connectivity index (χ1v) is 7.88. The van der Waals surface area contributed by atoms with Crippen LogP contribution in [0.5, 0.6) is 0 Å². The van der Waals surface area contributed by atoms with Gasteiger partial charge in [0.15, 0.2) is 0 Å². The molecule has 122 valence electrons. The molecule has 0 saturated heterocycles. The predicted octanol–water partition coefficient (Wildman–Crippen LogP) is 3.56. The molecule has 0 spiro atoms. The summed E-state index contributed by atoms with van der Waals surface area (Å²) in [5.41, 5.74) is 2.41. The first-order chi connectivity index (χ1) is 11.1. The molecule has 2 aromatic carbocycles. The molecule has 0 bridgehead atoms. The van der Waals surface area contributed by atoms with E-state index in [1.54, 1.807) is 0 Å². The topological polar surface area (TPSA) is 61.4 Å². The SMILES string of the molecule is CCC(C)(CO)NC(=O)Nc1ccccc1Cc1ccccc1. The molecule has 0 fully saturated rings. The van der Waals surface area contributed by atoms with Crippen LogP contribution in [0.25, 0.3) is 0 Å². The molecule has 2 amide bonds. The summed E-state index contributed by atoms with van der Waals surface area (Å²) in [4.78, 5) is 12.2. The van der Waals surface area contributed by atoms with Crippen molar-refractivity contribution in [1.29, 1.82) is 0 Å². The lowest BCUT2D eigenvalue weighted by Crippen LogP contribution is -2.50. The molecule has 3 N–H and O–H groups in total. The van der Waals surface area contributed by atoms with Crippen LogP contribution in [0.2, 0.25) is 0 Å². The largest absolute Gasteiger partial charge is 0.394 e. The quantitative estimate of drug-likeness (QED) is 0.764. The molecule has 0 heterocycles. The second-order valence-electron chi connectivity index (χ2n) is 5.97. The van der Waals surface area contributed by atoms with E-state index < -0.39 is 5.54 Å². The molecule has 0 saturated carbocycles. The number of carbonyl (C=O) groups excluding carboxylic acids is 1. The number of hydrogen-bond acceptors (Lipinski definition) is 2. The van der Waals surface area contributed by atoms with Crippen LogP contribution in [0.1, 0.15) is 31.4 Å². The minimum absolute atomic E-state index is 0.0947. The number of aliphatic hydroxyl groups excluding tert-OH is 1. The van der Waals surface area contributed by atoms with Gasteiger partial charge in [0, 0.05) is 5.69 Å². The highest BCUT2D eigenvalue weighted by molar-refractivity contribution is 5.90. The Labute approximate surface area is 137 Å². The van der Waals surface area contributed by atoms with Crippen molar-refractivity contribution >= 4 is 11.7 Å². The second kappa shape index (κ2) is 7.79. The number of nitrogens with one attached hydrogen (secondary N) is 2. The van der Waals surface area contributed by atoms with Gasteiger partial charge in [-0.15, -0.1) is 0 Å². The summed E-state index contributed by atoms with van der Waals surface area (Å²) in [5.74, 6) is 0. The molecule has 4 nitrogen and oxygen atoms in total. The molecular formula is C19H24N2O2. The lowest BCUT2D eigenvalue weighted by Gasteiger charge is -2.27. The summed E-state index contributed by atoms with van der Waals surface area (Å²) in [6.45, 7) is 3.66. The number of amides is 2. The van der Waals surface area contributed by atoms with Crippen molar-refractivity contribution in [3.05, 3.63) is 65.7 Å². The van der Waals surface area contributed by atoms with E-state index in [-0.39, 0.29) is 12.6 Å². The zero-order valence-electron chi connectivity index (χ0n) is 13.7. The van der Waals surface area contributed by atoms with E-state index in [2.05, 4.69) is 22.8 Å². The fraction of sp³-hybridized carbons (Fsp3) is 0.316. The minimum atomic E-state index is -0.613. The Balaban J connectivity index is 2.10. The fourth-order valence-electron chi connectivity index (χ4n) is 2.28. The zero-order chi connectivity index (χ0) is 16.7. The Kier molecular flexibility index (Phi) is 5.77. The van der Waals surface area contributed by atoms with Gasteiger partial charge < -0.3 is 15.7 Å². The Morgan fingerprint density at radius 2 is 1.74 bits per heavy atom.